The molecule has 2 rings (SSSR count). The molecule has 0 unspecified atom stereocenters. The van der Waals surface area contributed by atoms with E-state index in [-0.39, 0.29) is 11.7 Å². The van der Waals surface area contributed by atoms with Gasteiger partial charge in [0.1, 0.15) is 16.8 Å². The summed E-state index contributed by atoms with van der Waals surface area (Å²) in [6.07, 6.45) is 0.894. The van der Waals surface area contributed by atoms with Crippen molar-refractivity contribution in [1.29, 1.82) is 5.26 Å². The number of hydrogen-bond acceptors (Lipinski definition) is 5. The third-order valence-electron chi connectivity index (χ3n) is 3.28. The summed E-state index contributed by atoms with van der Waals surface area (Å²) in [5.74, 6) is 0.963. The summed E-state index contributed by atoms with van der Waals surface area (Å²) in [7, 11) is 1.62. The van der Waals surface area contributed by atoms with E-state index in [9.17, 15) is 10.1 Å². The molecule has 1 aromatic heterocycles. The van der Waals surface area contributed by atoms with Gasteiger partial charge in [-0.05, 0) is 42.8 Å². The normalized spacial score (nSPS) is 10.0. The molecule has 1 N–H and O–H groups in total. The minimum atomic E-state index is -0.0533. The molecule has 0 radical (unpaired) electrons. The molecule has 5 nitrogen and oxygen atoms in total. The topological polar surface area (TPSA) is 75.0 Å². The van der Waals surface area contributed by atoms with Crippen molar-refractivity contribution in [2.45, 2.75) is 18.4 Å². The fourth-order valence-electron chi connectivity index (χ4n) is 2.01. The van der Waals surface area contributed by atoms with Gasteiger partial charge in [-0.3, -0.25) is 4.79 Å². The highest BCUT2D eigenvalue weighted by atomic mass is 32.2. The molecular formula is C18H19N3O2S. The van der Waals surface area contributed by atoms with Crippen molar-refractivity contribution in [2.24, 2.45) is 0 Å². The molecule has 0 saturated heterocycles. The highest BCUT2D eigenvalue weighted by molar-refractivity contribution is 8.00. The van der Waals surface area contributed by atoms with Crippen LogP contribution in [0.15, 0.2) is 41.4 Å². The lowest BCUT2D eigenvalue weighted by Gasteiger charge is -2.08. The number of rotatable bonds is 7. The van der Waals surface area contributed by atoms with Crippen molar-refractivity contribution >= 4 is 17.7 Å². The third-order valence-corrected chi connectivity index (χ3v) is 4.27. The van der Waals surface area contributed by atoms with E-state index >= 15 is 0 Å². The second-order valence-electron chi connectivity index (χ2n) is 5.03. The zero-order chi connectivity index (χ0) is 17.4. The largest absolute Gasteiger partial charge is 0.497 e. The lowest BCUT2D eigenvalue weighted by molar-refractivity contribution is -0.118. The summed E-state index contributed by atoms with van der Waals surface area (Å²) in [6, 6.07) is 13.2. The van der Waals surface area contributed by atoms with Gasteiger partial charge in [0.2, 0.25) is 5.91 Å². The SMILES string of the molecule is CCCNC(=O)CSc1nc(-c2ccc(OC)cc2)ccc1C#N. The summed E-state index contributed by atoms with van der Waals surface area (Å²) in [4.78, 5) is 16.3. The van der Waals surface area contributed by atoms with E-state index in [2.05, 4.69) is 16.4 Å². The molecule has 0 bridgehead atoms. The maximum atomic E-state index is 11.7. The molecular weight excluding hydrogens is 322 g/mol. The van der Waals surface area contributed by atoms with Crippen molar-refractivity contribution in [1.82, 2.24) is 10.3 Å². The maximum absolute atomic E-state index is 11.7. The van der Waals surface area contributed by atoms with Crippen LogP contribution in [0.3, 0.4) is 0 Å². The number of carbonyl (C=O) groups excluding carboxylic acids is 1. The van der Waals surface area contributed by atoms with E-state index in [4.69, 9.17) is 4.74 Å². The number of carbonyl (C=O) groups is 1. The molecule has 124 valence electrons. The third kappa shape index (κ3) is 4.74. The quantitative estimate of drug-likeness (QED) is 0.783. The molecule has 0 fully saturated rings. The summed E-state index contributed by atoms with van der Waals surface area (Å²) in [5.41, 5.74) is 2.16. The van der Waals surface area contributed by atoms with Crippen LogP contribution in [0.4, 0.5) is 0 Å². The Labute approximate surface area is 146 Å². The molecule has 1 amide bonds. The Morgan fingerprint density at radius 3 is 2.67 bits per heavy atom. The van der Waals surface area contributed by atoms with Crippen molar-refractivity contribution in [2.75, 3.05) is 19.4 Å². The van der Waals surface area contributed by atoms with Crippen molar-refractivity contribution in [3.05, 3.63) is 42.0 Å². The number of aromatic nitrogens is 1. The number of nitriles is 1. The number of methoxy groups -OCH3 is 1. The number of amides is 1. The average Bonchev–Trinajstić information content (AvgIpc) is 2.64. The smallest absolute Gasteiger partial charge is 0.230 e. The Kier molecular flexibility index (Phi) is 6.64. The number of nitrogens with zero attached hydrogens (tertiary/aromatic N) is 2. The van der Waals surface area contributed by atoms with Gasteiger partial charge in [-0.25, -0.2) is 4.98 Å². The first-order valence-electron chi connectivity index (χ1n) is 7.63. The summed E-state index contributed by atoms with van der Waals surface area (Å²) < 4.78 is 5.15. The summed E-state index contributed by atoms with van der Waals surface area (Å²) in [5, 5.41) is 12.6. The molecule has 1 aromatic carbocycles. The number of nitrogens with one attached hydrogen (secondary N) is 1. The van der Waals surface area contributed by atoms with E-state index in [1.807, 2.05) is 37.3 Å². The first-order chi connectivity index (χ1) is 11.7. The van der Waals surface area contributed by atoms with E-state index in [1.54, 1.807) is 13.2 Å². The highest BCUT2D eigenvalue weighted by Crippen LogP contribution is 2.26. The average molecular weight is 341 g/mol. The Morgan fingerprint density at radius 1 is 1.29 bits per heavy atom. The van der Waals surface area contributed by atoms with Crippen LogP contribution in [-0.2, 0) is 4.79 Å². The fraction of sp³-hybridized carbons (Fsp3) is 0.278. The Morgan fingerprint density at radius 2 is 2.04 bits per heavy atom. The Balaban J connectivity index is 2.17. The first-order valence-corrected chi connectivity index (χ1v) is 8.61. The van der Waals surface area contributed by atoms with Crippen LogP contribution in [0.25, 0.3) is 11.3 Å². The van der Waals surface area contributed by atoms with Crippen molar-refractivity contribution < 1.29 is 9.53 Å². The fourth-order valence-corrected chi connectivity index (χ4v) is 2.81. The zero-order valence-corrected chi connectivity index (χ0v) is 14.5. The minimum Gasteiger partial charge on any atom is -0.497 e. The molecule has 0 aliphatic rings. The summed E-state index contributed by atoms with van der Waals surface area (Å²) >= 11 is 1.28. The maximum Gasteiger partial charge on any atom is 0.230 e. The molecule has 0 aliphatic heterocycles. The predicted molar refractivity (Wildman–Crippen MR) is 95.0 cm³/mol. The van der Waals surface area contributed by atoms with Gasteiger partial charge in [0.05, 0.1) is 24.1 Å². The van der Waals surface area contributed by atoms with Crippen LogP contribution < -0.4 is 10.1 Å². The van der Waals surface area contributed by atoms with Crippen LogP contribution in [0, 0.1) is 11.3 Å². The van der Waals surface area contributed by atoms with Gasteiger partial charge in [-0.15, -0.1) is 0 Å². The van der Waals surface area contributed by atoms with E-state index in [0.29, 0.717) is 17.1 Å². The molecule has 24 heavy (non-hydrogen) atoms. The molecule has 6 heteroatoms. The van der Waals surface area contributed by atoms with Gasteiger partial charge in [-0.2, -0.15) is 5.26 Å². The molecule has 0 atom stereocenters. The lowest BCUT2D eigenvalue weighted by Crippen LogP contribution is -2.25. The van der Waals surface area contributed by atoms with Gasteiger partial charge in [0.15, 0.2) is 0 Å². The van der Waals surface area contributed by atoms with Crippen LogP contribution in [-0.4, -0.2) is 30.3 Å². The van der Waals surface area contributed by atoms with Crippen LogP contribution in [0.1, 0.15) is 18.9 Å². The first kappa shape index (κ1) is 17.8. The van der Waals surface area contributed by atoms with Gasteiger partial charge >= 0.3 is 0 Å². The Hall–Kier alpha value is -2.52. The number of hydrogen-bond donors (Lipinski definition) is 1. The van der Waals surface area contributed by atoms with Crippen molar-refractivity contribution in [3.8, 4) is 23.1 Å². The van der Waals surface area contributed by atoms with Gasteiger partial charge < -0.3 is 10.1 Å². The molecule has 0 spiro atoms. The van der Waals surface area contributed by atoms with Gasteiger partial charge in [0, 0.05) is 12.1 Å². The molecule has 0 aliphatic carbocycles. The number of benzene rings is 1. The van der Waals surface area contributed by atoms with E-state index in [1.165, 1.54) is 11.8 Å². The summed E-state index contributed by atoms with van der Waals surface area (Å²) in [6.45, 7) is 2.66. The van der Waals surface area contributed by atoms with E-state index < -0.39 is 0 Å². The molecule has 2 aromatic rings. The Bertz CT molecular complexity index is 739. The molecule has 1 heterocycles. The standard InChI is InChI=1S/C18H19N3O2S/c1-3-10-20-17(22)12-24-18-14(11-19)6-9-16(21-18)13-4-7-15(23-2)8-5-13/h4-9H,3,10,12H2,1-2H3,(H,20,22). The van der Waals surface area contributed by atoms with Crippen LogP contribution in [0.5, 0.6) is 5.75 Å². The van der Waals surface area contributed by atoms with Gasteiger partial charge in [0.25, 0.3) is 0 Å². The van der Waals surface area contributed by atoms with E-state index in [0.717, 1.165) is 23.4 Å². The number of pyridine rings is 1. The number of ether oxygens (including phenoxy) is 1. The van der Waals surface area contributed by atoms with Crippen molar-refractivity contribution in [3.63, 3.8) is 0 Å². The van der Waals surface area contributed by atoms with Crippen LogP contribution in [0.2, 0.25) is 0 Å². The van der Waals surface area contributed by atoms with Gasteiger partial charge in [-0.1, -0.05) is 18.7 Å². The predicted octanol–water partition coefficient (Wildman–Crippen LogP) is 3.25. The van der Waals surface area contributed by atoms with Crippen LogP contribution >= 0.6 is 11.8 Å². The monoisotopic (exact) mass is 341 g/mol. The minimum absolute atomic E-state index is 0.0533. The lowest BCUT2D eigenvalue weighted by atomic mass is 10.1. The second kappa shape index (κ2) is 8.94. The highest BCUT2D eigenvalue weighted by Gasteiger charge is 2.10. The molecule has 0 saturated carbocycles. The second-order valence-corrected chi connectivity index (χ2v) is 5.99. The zero-order valence-electron chi connectivity index (χ0n) is 13.7. The number of thioether (sulfide) groups is 1.